The Hall–Kier alpha value is -0.860. The van der Waals surface area contributed by atoms with E-state index >= 15 is 0 Å². The van der Waals surface area contributed by atoms with E-state index in [1.807, 2.05) is 13.0 Å². The molecule has 1 aromatic carbocycles. The van der Waals surface area contributed by atoms with Gasteiger partial charge < -0.3 is 9.30 Å². The van der Waals surface area contributed by atoms with Crippen molar-refractivity contribution in [1.82, 2.24) is 4.57 Å². The predicted octanol–water partition coefficient (Wildman–Crippen LogP) is 4.60. The van der Waals surface area contributed by atoms with Gasteiger partial charge in [-0.25, -0.2) is 0 Å². The van der Waals surface area contributed by atoms with Gasteiger partial charge in [-0.3, -0.25) is 0 Å². The van der Waals surface area contributed by atoms with E-state index < -0.39 is 0 Å². The molecule has 0 atom stereocenters. The Morgan fingerprint density at radius 2 is 2.17 bits per heavy atom. The van der Waals surface area contributed by atoms with Crippen LogP contribution in [-0.4, -0.2) is 11.2 Å². The van der Waals surface area contributed by atoms with Crippen LogP contribution < -0.4 is 4.74 Å². The molecule has 0 saturated heterocycles. The molecule has 0 N–H and O–H groups in total. The molecule has 18 heavy (non-hydrogen) atoms. The van der Waals surface area contributed by atoms with Crippen molar-refractivity contribution < 1.29 is 4.74 Å². The Balaban J connectivity index is 2.42. The number of hydrogen-bond donors (Lipinski definition) is 0. The first-order valence-corrected chi connectivity index (χ1v) is 7.03. The van der Waals surface area contributed by atoms with Gasteiger partial charge in [0, 0.05) is 23.7 Å². The lowest BCUT2D eigenvalue weighted by atomic mass is 10.1. The van der Waals surface area contributed by atoms with E-state index in [-0.39, 0.29) is 0 Å². The highest BCUT2D eigenvalue weighted by Crippen LogP contribution is 2.43. The maximum atomic E-state index is 6.39. The number of hydrogen-bond acceptors (Lipinski definition) is 1. The summed E-state index contributed by atoms with van der Waals surface area (Å²) >= 11 is 12.6. The third-order valence-electron chi connectivity index (χ3n) is 3.66. The Bertz CT molecular complexity index is 631. The first-order valence-electron chi connectivity index (χ1n) is 6.27. The summed E-state index contributed by atoms with van der Waals surface area (Å²) in [7, 11) is 0. The lowest BCUT2D eigenvalue weighted by molar-refractivity contribution is 0.344. The van der Waals surface area contributed by atoms with Gasteiger partial charge in [-0.15, -0.1) is 0 Å². The zero-order valence-electron chi connectivity index (χ0n) is 10.5. The molecule has 1 aromatic heterocycles. The largest absolute Gasteiger partial charge is 0.493 e. The number of ether oxygens (including phenoxy) is 1. The second-order valence-corrected chi connectivity index (χ2v) is 5.44. The van der Waals surface area contributed by atoms with Crippen molar-refractivity contribution in [2.24, 2.45) is 0 Å². The summed E-state index contributed by atoms with van der Waals surface area (Å²) in [5.41, 5.74) is 3.69. The summed E-state index contributed by atoms with van der Waals surface area (Å²) in [5.74, 6) is 0.848. The van der Waals surface area contributed by atoms with Crippen LogP contribution in [0.5, 0.6) is 5.75 Å². The van der Waals surface area contributed by atoms with Crippen LogP contribution in [0.15, 0.2) is 6.07 Å². The van der Waals surface area contributed by atoms with E-state index in [0.717, 1.165) is 29.6 Å². The summed E-state index contributed by atoms with van der Waals surface area (Å²) in [6, 6.07) is 1.83. The average Bonchev–Trinajstić information content (AvgIpc) is 2.89. The van der Waals surface area contributed by atoms with Crippen molar-refractivity contribution in [3.8, 4) is 5.75 Å². The summed E-state index contributed by atoms with van der Waals surface area (Å²) in [6.45, 7) is 5.78. The highest BCUT2D eigenvalue weighted by Gasteiger charge is 2.24. The first-order chi connectivity index (χ1) is 8.65. The van der Waals surface area contributed by atoms with Crippen LogP contribution in [0.2, 0.25) is 10.0 Å². The van der Waals surface area contributed by atoms with Crippen LogP contribution in [0.3, 0.4) is 0 Å². The van der Waals surface area contributed by atoms with Crippen molar-refractivity contribution in [2.45, 2.75) is 33.2 Å². The fraction of sp³-hybridized carbons (Fsp3) is 0.429. The van der Waals surface area contributed by atoms with Gasteiger partial charge in [0.15, 0.2) is 0 Å². The number of rotatable bonds is 2. The second-order valence-electron chi connectivity index (χ2n) is 4.65. The minimum Gasteiger partial charge on any atom is -0.493 e. The molecule has 1 aliphatic heterocycles. The Morgan fingerprint density at radius 3 is 2.89 bits per heavy atom. The van der Waals surface area contributed by atoms with E-state index in [4.69, 9.17) is 27.9 Å². The molecule has 0 unspecified atom stereocenters. The molecular formula is C14H15Cl2NO. The normalized spacial score (nSPS) is 14.2. The van der Waals surface area contributed by atoms with Gasteiger partial charge in [0.1, 0.15) is 5.75 Å². The molecule has 1 aliphatic rings. The van der Waals surface area contributed by atoms with Crippen LogP contribution >= 0.6 is 23.2 Å². The van der Waals surface area contributed by atoms with Crippen molar-refractivity contribution >= 4 is 34.1 Å². The third kappa shape index (κ3) is 1.55. The maximum Gasteiger partial charge on any atom is 0.130 e. The Labute approximate surface area is 116 Å². The predicted molar refractivity (Wildman–Crippen MR) is 76.2 cm³/mol. The molecule has 0 fully saturated rings. The van der Waals surface area contributed by atoms with E-state index in [1.54, 1.807) is 0 Å². The van der Waals surface area contributed by atoms with Gasteiger partial charge in [-0.1, -0.05) is 23.2 Å². The maximum absolute atomic E-state index is 6.39. The van der Waals surface area contributed by atoms with Crippen LogP contribution in [0.1, 0.15) is 24.6 Å². The zero-order chi connectivity index (χ0) is 12.9. The standard InChI is InChI=1S/C14H15Cl2NO/c1-3-18-11-7-9(15)13(16)14-12(11)8(2)10-5-4-6-17(10)14/h7H,3-6H2,1-2H3. The molecule has 0 saturated carbocycles. The molecule has 3 rings (SSSR count). The molecule has 0 bridgehead atoms. The fourth-order valence-corrected chi connectivity index (χ4v) is 3.37. The van der Waals surface area contributed by atoms with E-state index in [1.165, 1.54) is 17.7 Å². The number of fused-ring (bicyclic) bond motifs is 3. The van der Waals surface area contributed by atoms with E-state index in [9.17, 15) is 0 Å². The Kier molecular flexibility index (Phi) is 2.95. The highest BCUT2D eigenvalue weighted by molar-refractivity contribution is 6.45. The quantitative estimate of drug-likeness (QED) is 0.786. The van der Waals surface area contributed by atoms with E-state index in [2.05, 4.69) is 11.5 Å². The van der Waals surface area contributed by atoms with Crippen molar-refractivity contribution in [2.75, 3.05) is 6.61 Å². The monoisotopic (exact) mass is 283 g/mol. The molecule has 4 heteroatoms. The summed E-state index contributed by atoms with van der Waals surface area (Å²) in [5, 5.41) is 2.34. The van der Waals surface area contributed by atoms with E-state index in [0.29, 0.717) is 16.7 Å². The van der Waals surface area contributed by atoms with Crippen molar-refractivity contribution in [3.05, 3.63) is 27.4 Å². The fourth-order valence-electron chi connectivity index (χ4n) is 2.93. The third-order valence-corrected chi connectivity index (χ3v) is 4.43. The van der Waals surface area contributed by atoms with Crippen molar-refractivity contribution in [3.63, 3.8) is 0 Å². The lowest BCUT2D eigenvalue weighted by Gasteiger charge is -2.10. The van der Waals surface area contributed by atoms with Crippen LogP contribution in [0, 0.1) is 6.92 Å². The van der Waals surface area contributed by atoms with Gasteiger partial charge >= 0.3 is 0 Å². The zero-order valence-corrected chi connectivity index (χ0v) is 12.0. The van der Waals surface area contributed by atoms with Gasteiger partial charge in [-0.05, 0) is 32.3 Å². The molecule has 0 amide bonds. The van der Waals surface area contributed by atoms with Crippen LogP contribution in [0.25, 0.3) is 10.9 Å². The molecule has 96 valence electrons. The smallest absolute Gasteiger partial charge is 0.130 e. The summed E-state index contributed by atoms with van der Waals surface area (Å²) in [4.78, 5) is 0. The average molecular weight is 284 g/mol. The van der Waals surface area contributed by atoms with Crippen LogP contribution in [-0.2, 0) is 13.0 Å². The summed E-state index contributed by atoms with van der Waals surface area (Å²) in [6.07, 6.45) is 2.29. The molecule has 2 heterocycles. The number of aryl methyl sites for hydroxylation is 2. The van der Waals surface area contributed by atoms with Gasteiger partial charge in [-0.2, -0.15) is 0 Å². The van der Waals surface area contributed by atoms with Gasteiger partial charge in [0.05, 0.1) is 22.2 Å². The SMILES string of the molecule is CCOc1cc(Cl)c(Cl)c2c1c(C)c1n2CCC1. The second kappa shape index (κ2) is 4.36. The minimum atomic E-state index is 0.569. The van der Waals surface area contributed by atoms with Gasteiger partial charge in [0.25, 0.3) is 0 Å². The van der Waals surface area contributed by atoms with Gasteiger partial charge in [0.2, 0.25) is 0 Å². The molecule has 0 radical (unpaired) electrons. The van der Waals surface area contributed by atoms with Crippen molar-refractivity contribution in [1.29, 1.82) is 0 Å². The molecule has 0 aliphatic carbocycles. The highest BCUT2D eigenvalue weighted by atomic mass is 35.5. The Morgan fingerprint density at radius 1 is 1.39 bits per heavy atom. The number of nitrogens with zero attached hydrogens (tertiary/aromatic N) is 1. The molecule has 2 aromatic rings. The molecule has 2 nitrogen and oxygen atoms in total. The van der Waals surface area contributed by atoms with Crippen LogP contribution in [0.4, 0.5) is 0 Å². The number of benzene rings is 1. The first kappa shape index (κ1) is 12.2. The molecule has 0 spiro atoms. The molecular weight excluding hydrogens is 269 g/mol. The topological polar surface area (TPSA) is 14.2 Å². The summed E-state index contributed by atoms with van der Waals surface area (Å²) < 4.78 is 8.01. The lowest BCUT2D eigenvalue weighted by Crippen LogP contribution is -1.95. The number of halogens is 2. The number of aromatic nitrogens is 1. The minimum absolute atomic E-state index is 0.569.